The smallest absolute Gasteiger partial charge is 0.410 e. The van der Waals surface area contributed by atoms with Gasteiger partial charge in [-0.2, -0.15) is 0 Å². The average Bonchev–Trinajstić information content (AvgIpc) is 2.86. The van der Waals surface area contributed by atoms with Gasteiger partial charge in [0, 0.05) is 30.0 Å². The first-order chi connectivity index (χ1) is 17.3. The molecule has 0 spiro atoms. The van der Waals surface area contributed by atoms with Crippen molar-refractivity contribution in [3.63, 3.8) is 0 Å². The van der Waals surface area contributed by atoms with Gasteiger partial charge in [0.2, 0.25) is 0 Å². The van der Waals surface area contributed by atoms with Crippen molar-refractivity contribution in [1.29, 1.82) is 0 Å². The molecule has 3 aromatic rings. The van der Waals surface area contributed by atoms with Crippen LogP contribution in [0.5, 0.6) is 5.75 Å². The largest absolute Gasteiger partial charge is 0.496 e. The van der Waals surface area contributed by atoms with Gasteiger partial charge in [0.1, 0.15) is 11.4 Å². The molecule has 4 rings (SSSR count). The van der Waals surface area contributed by atoms with Crippen molar-refractivity contribution in [2.75, 3.05) is 26.8 Å². The Morgan fingerprint density at radius 2 is 1.81 bits per heavy atom. The van der Waals surface area contributed by atoms with Crippen LogP contribution in [0.2, 0.25) is 0 Å². The topological polar surface area (TPSA) is 68.2 Å². The van der Waals surface area contributed by atoms with Crippen molar-refractivity contribution in [2.45, 2.75) is 57.8 Å². The Morgan fingerprint density at radius 1 is 1.06 bits per heavy atom. The van der Waals surface area contributed by atoms with Gasteiger partial charge in [-0.25, -0.2) is 4.79 Å². The van der Waals surface area contributed by atoms with Crippen LogP contribution in [0, 0.1) is 0 Å². The Labute approximate surface area is 213 Å². The lowest BCUT2D eigenvalue weighted by molar-refractivity contribution is -0.0363. The number of benzene rings is 3. The highest BCUT2D eigenvalue weighted by Gasteiger charge is 2.35. The van der Waals surface area contributed by atoms with E-state index in [1.54, 1.807) is 12.0 Å². The van der Waals surface area contributed by atoms with Crippen LogP contribution in [0.15, 0.2) is 60.7 Å². The van der Waals surface area contributed by atoms with Gasteiger partial charge >= 0.3 is 6.09 Å². The molecule has 2 unspecified atom stereocenters. The summed E-state index contributed by atoms with van der Waals surface area (Å²) in [4.78, 5) is 14.6. The number of rotatable bonds is 7. The Morgan fingerprint density at radius 3 is 2.50 bits per heavy atom. The fraction of sp³-hybridized carbons (Fsp3) is 0.433. The molecule has 1 aliphatic rings. The number of aliphatic hydroxyl groups excluding tert-OH is 1. The number of hydrogen-bond donors (Lipinski definition) is 1. The molecule has 36 heavy (non-hydrogen) atoms. The Balaban J connectivity index is 1.57. The molecule has 6 nitrogen and oxygen atoms in total. The van der Waals surface area contributed by atoms with Crippen LogP contribution in [0.1, 0.15) is 49.8 Å². The number of hydrogen-bond acceptors (Lipinski definition) is 5. The Hall–Kier alpha value is -3.09. The monoisotopic (exact) mass is 491 g/mol. The van der Waals surface area contributed by atoms with E-state index in [9.17, 15) is 9.90 Å². The zero-order valence-electron chi connectivity index (χ0n) is 21.7. The number of nitrogens with zero attached hydrogens (tertiary/aromatic N) is 1. The van der Waals surface area contributed by atoms with Crippen LogP contribution >= 0.6 is 0 Å². The maximum Gasteiger partial charge on any atom is 0.410 e. The van der Waals surface area contributed by atoms with E-state index < -0.39 is 5.60 Å². The summed E-state index contributed by atoms with van der Waals surface area (Å²) in [5, 5.41) is 11.4. The van der Waals surface area contributed by atoms with Gasteiger partial charge in [0.05, 0.1) is 26.4 Å². The van der Waals surface area contributed by atoms with Crippen LogP contribution < -0.4 is 4.74 Å². The lowest BCUT2D eigenvalue weighted by Gasteiger charge is -2.39. The third-order valence-electron chi connectivity index (χ3n) is 6.64. The van der Waals surface area contributed by atoms with E-state index in [1.165, 1.54) is 5.56 Å². The highest BCUT2D eigenvalue weighted by Crippen LogP contribution is 2.34. The van der Waals surface area contributed by atoms with E-state index in [0.717, 1.165) is 34.1 Å². The first-order valence-corrected chi connectivity index (χ1v) is 12.6. The minimum Gasteiger partial charge on any atom is -0.496 e. The van der Waals surface area contributed by atoms with Crippen LogP contribution in [-0.2, 0) is 22.5 Å². The summed E-state index contributed by atoms with van der Waals surface area (Å²) >= 11 is 0. The van der Waals surface area contributed by atoms with Gasteiger partial charge in [-0.3, -0.25) is 0 Å². The van der Waals surface area contributed by atoms with Gasteiger partial charge in [-0.1, -0.05) is 60.7 Å². The normalized spacial score (nSPS) is 18.3. The van der Waals surface area contributed by atoms with Crippen molar-refractivity contribution in [2.24, 2.45) is 0 Å². The highest BCUT2D eigenvalue weighted by atomic mass is 16.6. The van der Waals surface area contributed by atoms with Crippen molar-refractivity contribution < 1.29 is 24.1 Å². The molecule has 1 N–H and O–H groups in total. The summed E-state index contributed by atoms with van der Waals surface area (Å²) < 4.78 is 18.0. The predicted octanol–water partition coefficient (Wildman–Crippen LogP) is 5.69. The number of amides is 1. The van der Waals surface area contributed by atoms with Gasteiger partial charge in [-0.05, 0) is 50.1 Å². The fourth-order valence-corrected chi connectivity index (χ4v) is 4.86. The van der Waals surface area contributed by atoms with Gasteiger partial charge < -0.3 is 24.2 Å². The van der Waals surface area contributed by atoms with E-state index in [2.05, 4.69) is 42.5 Å². The molecule has 1 heterocycles. The van der Waals surface area contributed by atoms with E-state index >= 15 is 0 Å². The van der Waals surface area contributed by atoms with Crippen LogP contribution in [0.25, 0.3) is 10.8 Å². The maximum absolute atomic E-state index is 12.8. The number of piperidine rings is 1. The molecular formula is C30H37NO5. The van der Waals surface area contributed by atoms with Crippen molar-refractivity contribution in [1.82, 2.24) is 4.90 Å². The molecule has 0 aromatic heterocycles. The minimum absolute atomic E-state index is 0.132. The summed E-state index contributed by atoms with van der Waals surface area (Å²) in [6, 6.07) is 20.6. The second-order valence-electron chi connectivity index (χ2n) is 10.4. The number of aliphatic hydroxyl groups is 1. The number of ether oxygens (including phenoxy) is 3. The number of likely N-dealkylation sites (tertiary alicyclic amines) is 1. The first-order valence-electron chi connectivity index (χ1n) is 12.6. The molecule has 0 aliphatic carbocycles. The molecule has 3 aromatic carbocycles. The van der Waals surface area contributed by atoms with Crippen molar-refractivity contribution in [3.05, 3.63) is 77.4 Å². The zero-order chi connectivity index (χ0) is 25.7. The molecule has 0 saturated carbocycles. The average molecular weight is 492 g/mol. The predicted molar refractivity (Wildman–Crippen MR) is 141 cm³/mol. The standard InChI is InChI=1S/C30H37NO5/c1-30(2,3)36-29(33)31-17-15-25(23-11-9-21(10-12-23)16-18-32)27(19-31)35-20-24-14-13-22-7-5-6-8-26(22)28(24)34-4/h5-14,25,27,32H,15-20H2,1-4H3. The summed E-state index contributed by atoms with van der Waals surface area (Å²) in [6.07, 6.45) is 0.902. The van der Waals surface area contributed by atoms with Gasteiger partial charge in [0.25, 0.3) is 0 Å². The molecule has 0 radical (unpaired) electrons. The first kappa shape index (κ1) is 26.0. The molecule has 192 valence electrons. The van der Waals surface area contributed by atoms with Crippen molar-refractivity contribution in [3.8, 4) is 5.75 Å². The molecule has 1 amide bonds. The number of methoxy groups -OCH3 is 1. The van der Waals surface area contributed by atoms with E-state index in [-0.39, 0.29) is 24.7 Å². The SMILES string of the molecule is COc1c(COC2CN(C(=O)OC(C)(C)C)CCC2c2ccc(CCO)cc2)ccc2ccccc12. The molecule has 6 heteroatoms. The fourth-order valence-electron chi connectivity index (χ4n) is 4.86. The van der Waals surface area contributed by atoms with Crippen LogP contribution in [0.3, 0.4) is 0 Å². The summed E-state index contributed by atoms with van der Waals surface area (Å²) in [6.45, 7) is 7.21. The van der Waals surface area contributed by atoms with E-state index in [0.29, 0.717) is 26.1 Å². The second-order valence-corrected chi connectivity index (χ2v) is 10.4. The van der Waals surface area contributed by atoms with Crippen LogP contribution in [-0.4, -0.2) is 54.6 Å². The zero-order valence-corrected chi connectivity index (χ0v) is 21.7. The van der Waals surface area contributed by atoms with Gasteiger partial charge in [0.15, 0.2) is 0 Å². The molecule has 1 saturated heterocycles. The molecule has 1 aliphatic heterocycles. The van der Waals surface area contributed by atoms with E-state index in [4.69, 9.17) is 14.2 Å². The summed E-state index contributed by atoms with van der Waals surface area (Å²) in [5.74, 6) is 0.955. The third-order valence-corrected chi connectivity index (χ3v) is 6.64. The highest BCUT2D eigenvalue weighted by molar-refractivity contribution is 5.89. The molecule has 1 fully saturated rings. The molecule has 0 bridgehead atoms. The minimum atomic E-state index is -0.550. The molecule has 2 atom stereocenters. The lowest BCUT2D eigenvalue weighted by Crippen LogP contribution is -2.48. The van der Waals surface area contributed by atoms with Crippen molar-refractivity contribution >= 4 is 16.9 Å². The van der Waals surface area contributed by atoms with Crippen LogP contribution in [0.4, 0.5) is 4.79 Å². The Bertz CT molecular complexity index is 1170. The summed E-state index contributed by atoms with van der Waals surface area (Å²) in [5.41, 5.74) is 2.70. The quantitative estimate of drug-likeness (QED) is 0.460. The van der Waals surface area contributed by atoms with Gasteiger partial charge in [-0.15, -0.1) is 0 Å². The second kappa shape index (κ2) is 11.3. The number of fused-ring (bicyclic) bond motifs is 1. The third kappa shape index (κ3) is 6.18. The lowest BCUT2D eigenvalue weighted by atomic mass is 9.86. The van der Waals surface area contributed by atoms with E-state index in [1.807, 2.05) is 39.0 Å². The Kier molecular flexibility index (Phi) is 8.17. The molecular weight excluding hydrogens is 454 g/mol. The summed E-state index contributed by atoms with van der Waals surface area (Å²) in [7, 11) is 1.69. The maximum atomic E-state index is 12.8. The number of carbonyl (C=O) groups excluding carboxylic acids is 1. The number of carbonyl (C=O) groups is 1.